The molecule has 0 radical (unpaired) electrons. The molecule has 0 saturated heterocycles. The zero-order valence-corrected chi connectivity index (χ0v) is 13.9. The quantitative estimate of drug-likeness (QED) is 0.455. The second-order valence-corrected chi connectivity index (χ2v) is 6.82. The third-order valence-electron chi connectivity index (χ3n) is 3.85. The molecule has 1 fully saturated rings. The summed E-state index contributed by atoms with van der Waals surface area (Å²) in [5.74, 6) is -0.361. The number of alkyl halides is 1. The zero-order chi connectivity index (χ0) is 15.6. The first kappa shape index (κ1) is 16.2. The van der Waals surface area contributed by atoms with Crippen LogP contribution in [-0.4, -0.2) is 33.6 Å². The number of rotatable bonds is 3. The topological polar surface area (TPSA) is 63.5 Å². The molecule has 2 atom stereocenters. The first-order chi connectivity index (χ1) is 9.91. The van der Waals surface area contributed by atoms with Crippen LogP contribution in [0.2, 0.25) is 5.02 Å². The average molecular weight is 376 g/mol. The van der Waals surface area contributed by atoms with Crippen molar-refractivity contribution in [3.63, 3.8) is 0 Å². The molecule has 0 aromatic heterocycles. The highest BCUT2D eigenvalue weighted by molar-refractivity contribution is 9.09. The molecule has 7 heteroatoms. The molecule has 2 rings (SSSR count). The van der Waals surface area contributed by atoms with Gasteiger partial charge in [-0.2, -0.15) is 0 Å². The number of nitrogens with zero attached hydrogens (tertiary/aromatic N) is 2. The number of hydrogen-bond acceptors (Lipinski definition) is 3. The molecule has 0 bridgehead atoms. The van der Waals surface area contributed by atoms with Gasteiger partial charge in [-0.1, -0.05) is 40.4 Å². The van der Waals surface area contributed by atoms with Gasteiger partial charge in [0.05, 0.1) is 4.92 Å². The minimum absolute atomic E-state index is 0.0419. The van der Waals surface area contributed by atoms with Gasteiger partial charge >= 0.3 is 0 Å². The Morgan fingerprint density at radius 2 is 2.10 bits per heavy atom. The Kier molecular flexibility index (Phi) is 5.22. The fourth-order valence-corrected chi connectivity index (χ4v) is 3.80. The number of halogens is 2. The van der Waals surface area contributed by atoms with Crippen LogP contribution in [-0.2, 0) is 0 Å². The van der Waals surface area contributed by atoms with Crippen molar-refractivity contribution in [2.75, 3.05) is 7.05 Å². The van der Waals surface area contributed by atoms with Crippen LogP contribution in [0.4, 0.5) is 5.69 Å². The SMILES string of the molecule is CN(C(=O)c1cc(Cl)ccc1[N+](=O)[O-])C1CCCCC1Br. The average Bonchev–Trinajstić information content (AvgIpc) is 2.45. The number of nitro groups is 1. The van der Waals surface area contributed by atoms with E-state index in [9.17, 15) is 14.9 Å². The van der Waals surface area contributed by atoms with Crippen molar-refractivity contribution in [3.8, 4) is 0 Å². The summed E-state index contributed by atoms with van der Waals surface area (Å²) in [7, 11) is 1.69. The van der Waals surface area contributed by atoms with Crippen LogP contribution in [0.25, 0.3) is 0 Å². The van der Waals surface area contributed by atoms with Crippen molar-refractivity contribution in [2.24, 2.45) is 0 Å². The molecule has 1 saturated carbocycles. The summed E-state index contributed by atoms with van der Waals surface area (Å²) in [6.45, 7) is 0. The molecule has 0 spiro atoms. The highest BCUT2D eigenvalue weighted by Gasteiger charge is 2.32. The minimum atomic E-state index is -0.552. The van der Waals surface area contributed by atoms with Crippen molar-refractivity contribution >= 4 is 39.1 Å². The number of hydrogen-bond donors (Lipinski definition) is 0. The summed E-state index contributed by atoms with van der Waals surface area (Å²) in [5, 5.41) is 11.4. The molecule has 1 amide bonds. The van der Waals surface area contributed by atoms with Gasteiger partial charge in [0.15, 0.2) is 0 Å². The second kappa shape index (κ2) is 6.75. The van der Waals surface area contributed by atoms with Crippen LogP contribution in [0.15, 0.2) is 18.2 Å². The molecule has 5 nitrogen and oxygen atoms in total. The van der Waals surface area contributed by atoms with Crippen molar-refractivity contribution < 1.29 is 9.72 Å². The van der Waals surface area contributed by atoms with E-state index in [0.717, 1.165) is 25.7 Å². The van der Waals surface area contributed by atoms with Crippen LogP contribution < -0.4 is 0 Å². The van der Waals surface area contributed by atoms with E-state index in [0.29, 0.717) is 5.02 Å². The number of benzene rings is 1. The third kappa shape index (κ3) is 3.55. The van der Waals surface area contributed by atoms with Crippen LogP contribution in [0.3, 0.4) is 0 Å². The Labute approximate surface area is 136 Å². The van der Waals surface area contributed by atoms with E-state index in [2.05, 4.69) is 15.9 Å². The van der Waals surface area contributed by atoms with Crippen LogP contribution in [0.1, 0.15) is 36.0 Å². The largest absolute Gasteiger partial charge is 0.337 e. The van der Waals surface area contributed by atoms with E-state index in [4.69, 9.17) is 11.6 Å². The summed E-state index contributed by atoms with van der Waals surface area (Å²) in [6.07, 6.45) is 4.08. The number of carbonyl (C=O) groups excluding carboxylic acids is 1. The monoisotopic (exact) mass is 374 g/mol. The van der Waals surface area contributed by atoms with Gasteiger partial charge in [-0.25, -0.2) is 0 Å². The molecule has 1 aromatic carbocycles. The van der Waals surface area contributed by atoms with Gasteiger partial charge < -0.3 is 4.90 Å². The maximum absolute atomic E-state index is 12.6. The lowest BCUT2D eigenvalue weighted by molar-refractivity contribution is -0.385. The maximum Gasteiger partial charge on any atom is 0.282 e. The van der Waals surface area contributed by atoms with Gasteiger partial charge in [0.1, 0.15) is 5.56 Å². The molecule has 21 heavy (non-hydrogen) atoms. The first-order valence-corrected chi connectivity index (χ1v) is 8.06. The molecule has 0 N–H and O–H groups in total. The molecule has 2 unspecified atom stereocenters. The predicted molar refractivity (Wildman–Crippen MR) is 85.2 cm³/mol. The van der Waals surface area contributed by atoms with E-state index in [-0.39, 0.29) is 28.0 Å². The smallest absolute Gasteiger partial charge is 0.282 e. The predicted octanol–water partition coefficient (Wildman–Crippen LogP) is 4.03. The molecule has 1 aromatic rings. The Bertz CT molecular complexity index is 567. The van der Waals surface area contributed by atoms with Gasteiger partial charge in [0, 0.05) is 29.0 Å². The Balaban J connectivity index is 2.30. The fourth-order valence-electron chi connectivity index (χ4n) is 2.68. The highest BCUT2D eigenvalue weighted by atomic mass is 79.9. The summed E-state index contributed by atoms with van der Waals surface area (Å²) in [6, 6.07) is 4.11. The van der Waals surface area contributed by atoms with E-state index < -0.39 is 4.92 Å². The zero-order valence-electron chi connectivity index (χ0n) is 11.6. The van der Waals surface area contributed by atoms with Gasteiger partial charge in [-0.15, -0.1) is 0 Å². The molecular weight excluding hydrogens is 360 g/mol. The maximum atomic E-state index is 12.6. The molecule has 0 aliphatic heterocycles. The summed E-state index contributed by atoms with van der Waals surface area (Å²) < 4.78 is 0. The first-order valence-electron chi connectivity index (χ1n) is 6.77. The van der Waals surface area contributed by atoms with Crippen molar-refractivity contribution in [1.29, 1.82) is 0 Å². The van der Waals surface area contributed by atoms with Gasteiger partial charge in [0.25, 0.3) is 11.6 Å². The normalized spacial score (nSPS) is 21.9. The lowest BCUT2D eigenvalue weighted by Crippen LogP contribution is -2.44. The van der Waals surface area contributed by atoms with Crippen molar-refractivity contribution in [2.45, 2.75) is 36.6 Å². The third-order valence-corrected chi connectivity index (χ3v) is 5.15. The summed E-state index contributed by atoms with van der Waals surface area (Å²) in [5.41, 5.74) is -0.168. The van der Waals surface area contributed by atoms with Crippen LogP contribution >= 0.6 is 27.5 Å². The molecule has 0 heterocycles. The van der Waals surface area contributed by atoms with E-state index in [1.807, 2.05) is 0 Å². The second-order valence-electron chi connectivity index (χ2n) is 5.20. The Morgan fingerprint density at radius 1 is 1.43 bits per heavy atom. The lowest BCUT2D eigenvalue weighted by atomic mass is 9.94. The van der Waals surface area contributed by atoms with Gasteiger partial charge in [-0.3, -0.25) is 14.9 Å². The van der Waals surface area contributed by atoms with Crippen molar-refractivity contribution in [3.05, 3.63) is 38.9 Å². The minimum Gasteiger partial charge on any atom is -0.337 e. The highest BCUT2D eigenvalue weighted by Crippen LogP contribution is 2.30. The standard InChI is InChI=1S/C14H16BrClN2O3/c1-17(13-5-3-2-4-11(13)15)14(19)10-8-9(16)6-7-12(10)18(20)21/h6-8,11,13H,2-5H2,1H3. The van der Waals surface area contributed by atoms with E-state index >= 15 is 0 Å². The number of nitro benzene ring substituents is 1. The molecule has 1 aliphatic rings. The summed E-state index contributed by atoms with van der Waals surface area (Å²) in [4.78, 5) is 25.0. The van der Waals surface area contributed by atoms with E-state index in [1.54, 1.807) is 11.9 Å². The van der Waals surface area contributed by atoms with Crippen LogP contribution in [0, 0.1) is 10.1 Å². The van der Waals surface area contributed by atoms with Gasteiger partial charge in [-0.05, 0) is 25.0 Å². The van der Waals surface area contributed by atoms with E-state index in [1.165, 1.54) is 18.2 Å². The molecule has 114 valence electrons. The van der Waals surface area contributed by atoms with Crippen molar-refractivity contribution in [1.82, 2.24) is 4.90 Å². The fraction of sp³-hybridized carbons (Fsp3) is 0.500. The Morgan fingerprint density at radius 3 is 2.71 bits per heavy atom. The molecular formula is C14H16BrClN2O3. The van der Waals surface area contributed by atoms with Crippen LogP contribution in [0.5, 0.6) is 0 Å². The number of amides is 1. The lowest BCUT2D eigenvalue weighted by Gasteiger charge is -2.35. The summed E-state index contributed by atoms with van der Waals surface area (Å²) >= 11 is 9.49. The molecule has 1 aliphatic carbocycles. The number of carbonyl (C=O) groups is 1. The van der Waals surface area contributed by atoms with Gasteiger partial charge in [0.2, 0.25) is 0 Å². The Hall–Kier alpha value is -1.14.